The van der Waals surface area contributed by atoms with Gasteiger partial charge in [0.2, 0.25) is 17.7 Å². The van der Waals surface area contributed by atoms with Crippen molar-refractivity contribution < 1.29 is 29.4 Å². The first-order valence-corrected chi connectivity index (χ1v) is 10.4. The van der Waals surface area contributed by atoms with Gasteiger partial charge in [-0.15, -0.1) is 0 Å². The number of aliphatic hydroxyl groups excluding tert-OH is 1. The molecule has 4 atom stereocenters. The minimum Gasteiger partial charge on any atom is -0.507 e. The highest BCUT2D eigenvalue weighted by Gasteiger charge is 2.37. The van der Waals surface area contributed by atoms with Gasteiger partial charge in [-0.2, -0.15) is 0 Å². The van der Waals surface area contributed by atoms with Crippen LogP contribution in [0, 0.1) is 5.92 Å². The molecular weight excluding hydrogens is 404 g/mol. The van der Waals surface area contributed by atoms with Crippen molar-refractivity contribution in [3.63, 3.8) is 0 Å². The molecule has 1 saturated heterocycles. The number of carbonyl (C=O) groups is 4. The second kappa shape index (κ2) is 9.78. The Kier molecular flexibility index (Phi) is 7.11. The summed E-state index contributed by atoms with van der Waals surface area (Å²) in [5.41, 5.74) is -0.0143. The number of phenols is 1. The number of aromatic hydroxyl groups is 1. The normalized spacial score (nSPS) is 28.1. The van der Waals surface area contributed by atoms with Crippen LogP contribution in [0.15, 0.2) is 24.3 Å². The highest BCUT2D eigenvalue weighted by molar-refractivity contribution is 6.00. The van der Waals surface area contributed by atoms with E-state index in [2.05, 4.69) is 21.3 Å². The Hall–Kier alpha value is -3.14. The molecule has 1 heterocycles. The van der Waals surface area contributed by atoms with Crippen LogP contribution in [0.5, 0.6) is 5.75 Å². The molecule has 1 aromatic carbocycles. The van der Waals surface area contributed by atoms with Gasteiger partial charge in [0, 0.05) is 6.54 Å². The summed E-state index contributed by atoms with van der Waals surface area (Å²) in [6, 6.07) is 3.14. The predicted molar refractivity (Wildman–Crippen MR) is 110 cm³/mol. The lowest BCUT2D eigenvalue weighted by molar-refractivity contribution is -0.134. The third-order valence-electron chi connectivity index (χ3n) is 5.74. The molecule has 1 aromatic rings. The lowest BCUT2D eigenvalue weighted by atomic mass is 9.79. The molecule has 0 aromatic heterocycles. The summed E-state index contributed by atoms with van der Waals surface area (Å²) in [4.78, 5) is 50.5. The molecule has 1 unspecified atom stereocenters. The number of β-amino-alcohol motifs (C(OH)–C–C–N with tert-alkyl or cyclic N) is 1. The number of benzene rings is 1. The van der Waals surface area contributed by atoms with E-state index in [9.17, 15) is 29.4 Å². The Morgan fingerprint density at radius 1 is 1.10 bits per heavy atom. The number of amides is 4. The van der Waals surface area contributed by atoms with Crippen LogP contribution in [-0.4, -0.2) is 64.6 Å². The number of aliphatic hydroxyl groups is 1. The van der Waals surface area contributed by atoms with Crippen LogP contribution in [0.2, 0.25) is 0 Å². The zero-order valence-electron chi connectivity index (χ0n) is 17.3. The third-order valence-corrected chi connectivity index (χ3v) is 5.74. The summed E-state index contributed by atoms with van der Waals surface area (Å²) >= 11 is 0. The molecule has 2 aliphatic rings. The fraction of sp³-hybridized carbons (Fsp3) is 0.524. The van der Waals surface area contributed by atoms with Gasteiger partial charge in [-0.25, -0.2) is 0 Å². The molecule has 31 heavy (non-hydrogen) atoms. The molecule has 0 spiro atoms. The molecule has 10 heteroatoms. The van der Waals surface area contributed by atoms with E-state index in [-0.39, 0.29) is 30.2 Å². The first-order chi connectivity index (χ1) is 14.8. The summed E-state index contributed by atoms with van der Waals surface area (Å²) in [5.74, 6) is -2.48. The summed E-state index contributed by atoms with van der Waals surface area (Å²) < 4.78 is 0. The van der Waals surface area contributed by atoms with E-state index < -0.39 is 47.9 Å². The molecule has 168 valence electrons. The van der Waals surface area contributed by atoms with E-state index in [4.69, 9.17) is 0 Å². The van der Waals surface area contributed by atoms with Crippen LogP contribution >= 0.6 is 0 Å². The average Bonchev–Trinajstić information content (AvgIpc) is 2.67. The monoisotopic (exact) mass is 432 g/mol. The van der Waals surface area contributed by atoms with Gasteiger partial charge in [0.15, 0.2) is 0 Å². The summed E-state index contributed by atoms with van der Waals surface area (Å²) in [6.45, 7) is 1.37. The number of hydrogen-bond donors (Lipinski definition) is 6. The van der Waals surface area contributed by atoms with Gasteiger partial charge in [0.05, 0.1) is 24.1 Å². The Bertz CT molecular complexity index is 856. The first-order valence-electron chi connectivity index (χ1n) is 10.4. The van der Waals surface area contributed by atoms with E-state index in [0.717, 1.165) is 19.3 Å². The summed E-state index contributed by atoms with van der Waals surface area (Å²) in [6.07, 6.45) is 1.15. The molecule has 10 nitrogen and oxygen atoms in total. The van der Waals surface area contributed by atoms with Crippen molar-refractivity contribution in [2.45, 2.75) is 56.8 Å². The van der Waals surface area contributed by atoms with Crippen molar-refractivity contribution in [3.05, 3.63) is 29.8 Å². The van der Waals surface area contributed by atoms with Crippen LogP contribution in [0.4, 0.5) is 0 Å². The lowest BCUT2D eigenvalue weighted by Gasteiger charge is -2.35. The van der Waals surface area contributed by atoms with Gasteiger partial charge in [0.1, 0.15) is 17.8 Å². The van der Waals surface area contributed by atoms with Crippen LogP contribution in [-0.2, 0) is 14.4 Å². The fourth-order valence-electron chi connectivity index (χ4n) is 3.72. The molecule has 1 saturated carbocycles. The molecule has 4 amide bonds. The Balaban J connectivity index is 1.81. The predicted octanol–water partition coefficient (Wildman–Crippen LogP) is -0.839. The molecule has 3 rings (SSSR count). The first kappa shape index (κ1) is 22.5. The number of phenolic OH excluding ortho intramolecular Hbond substituents is 1. The van der Waals surface area contributed by atoms with Gasteiger partial charge in [-0.3, -0.25) is 19.2 Å². The maximum absolute atomic E-state index is 12.9. The number of nitrogens with one attached hydrogen (secondary N) is 4. The molecule has 0 bridgehead atoms. The van der Waals surface area contributed by atoms with Crippen molar-refractivity contribution in [1.29, 1.82) is 0 Å². The van der Waals surface area contributed by atoms with Crippen molar-refractivity contribution >= 4 is 23.6 Å². The largest absolute Gasteiger partial charge is 0.507 e. The molecule has 0 radical (unpaired) electrons. The summed E-state index contributed by atoms with van der Waals surface area (Å²) in [7, 11) is 0. The van der Waals surface area contributed by atoms with Crippen LogP contribution in [0.25, 0.3) is 0 Å². The minimum absolute atomic E-state index is 0.0143. The molecule has 2 fully saturated rings. The van der Waals surface area contributed by atoms with Crippen LogP contribution in [0.3, 0.4) is 0 Å². The van der Waals surface area contributed by atoms with Gasteiger partial charge >= 0.3 is 0 Å². The highest BCUT2D eigenvalue weighted by Crippen LogP contribution is 2.30. The van der Waals surface area contributed by atoms with Gasteiger partial charge in [-0.1, -0.05) is 18.6 Å². The van der Waals surface area contributed by atoms with Crippen LogP contribution < -0.4 is 21.3 Å². The van der Waals surface area contributed by atoms with E-state index in [0.29, 0.717) is 0 Å². The zero-order valence-corrected chi connectivity index (χ0v) is 17.3. The molecule has 1 aliphatic carbocycles. The average molecular weight is 432 g/mol. The van der Waals surface area contributed by atoms with Crippen molar-refractivity contribution in [2.75, 3.05) is 6.54 Å². The second-order valence-corrected chi connectivity index (χ2v) is 8.10. The summed E-state index contributed by atoms with van der Waals surface area (Å²) in [5, 5.41) is 30.5. The maximum Gasteiger partial charge on any atom is 0.255 e. The molecule has 6 N–H and O–H groups in total. The maximum atomic E-state index is 12.9. The highest BCUT2D eigenvalue weighted by atomic mass is 16.3. The number of hydrogen-bond acceptors (Lipinski definition) is 6. The minimum atomic E-state index is -1.17. The fourth-order valence-corrected chi connectivity index (χ4v) is 3.72. The number of rotatable bonds is 3. The van der Waals surface area contributed by atoms with E-state index in [1.165, 1.54) is 12.1 Å². The van der Waals surface area contributed by atoms with Gasteiger partial charge in [0.25, 0.3) is 5.91 Å². The third kappa shape index (κ3) is 5.52. The van der Waals surface area contributed by atoms with Crippen LogP contribution in [0.1, 0.15) is 43.0 Å². The SMILES string of the molecule is C[C@H]1NC(=O)C(C2CCC2)NC(=O)C[C@H](O)CNC(=O)[C@H]1NC(=O)c1ccccc1O. The molecule has 1 aliphatic heterocycles. The Morgan fingerprint density at radius 2 is 1.81 bits per heavy atom. The van der Waals surface area contributed by atoms with E-state index in [1.807, 2.05) is 0 Å². The van der Waals surface area contributed by atoms with Crippen molar-refractivity contribution in [2.24, 2.45) is 5.92 Å². The Labute approximate surface area is 179 Å². The quantitative estimate of drug-likeness (QED) is 0.366. The van der Waals surface area contributed by atoms with Gasteiger partial charge < -0.3 is 31.5 Å². The van der Waals surface area contributed by atoms with Crippen molar-refractivity contribution in [3.8, 4) is 5.75 Å². The topological polar surface area (TPSA) is 157 Å². The van der Waals surface area contributed by atoms with Crippen molar-refractivity contribution in [1.82, 2.24) is 21.3 Å². The lowest BCUT2D eigenvalue weighted by Crippen LogP contribution is -2.62. The molecular formula is C21H28N4O6. The number of para-hydroxylation sites is 1. The van der Waals surface area contributed by atoms with E-state index in [1.54, 1.807) is 19.1 Å². The van der Waals surface area contributed by atoms with E-state index >= 15 is 0 Å². The smallest absolute Gasteiger partial charge is 0.255 e. The number of carbonyl (C=O) groups excluding carboxylic acids is 4. The Morgan fingerprint density at radius 3 is 2.45 bits per heavy atom. The second-order valence-electron chi connectivity index (χ2n) is 8.10. The van der Waals surface area contributed by atoms with Gasteiger partial charge in [-0.05, 0) is 37.8 Å². The zero-order chi connectivity index (χ0) is 22.5. The standard InChI is InChI=1S/C21H28N4O6/c1-11-17(25-19(29)14-7-2-3-8-15(14)27)20(30)22-10-13(26)9-16(28)24-18(21(31)23-11)12-5-4-6-12/h2-3,7-8,11-13,17-18,26-27H,4-6,9-10H2,1H3,(H,22,30)(H,23,31)(H,24,28)(H,25,29)/t11-,13+,17+,18?/m1/s1.